The topological polar surface area (TPSA) is 227 Å². The first-order valence-corrected chi connectivity index (χ1v) is 12.4. The zero-order valence-electron chi connectivity index (χ0n) is 20.9. The molecule has 210 valence electrons. The van der Waals surface area contributed by atoms with Gasteiger partial charge in [0.1, 0.15) is 18.1 Å². The van der Waals surface area contributed by atoms with Crippen molar-refractivity contribution in [1.82, 2.24) is 26.3 Å². The molecular weight excluding hydrogens is 514 g/mol. The molecule has 4 atom stereocenters. The Kier molecular flexibility index (Phi) is 9.98. The average molecular weight is 546 g/mol. The first-order chi connectivity index (χ1) is 18.5. The summed E-state index contributed by atoms with van der Waals surface area (Å²) in [5.41, 5.74) is 1.36. The lowest BCUT2D eigenvalue weighted by atomic mass is 10.0. The molecule has 1 aromatic heterocycles. The Labute approximate surface area is 222 Å². The van der Waals surface area contributed by atoms with Crippen LogP contribution in [0.4, 0.5) is 0 Å². The van der Waals surface area contributed by atoms with Crippen molar-refractivity contribution in [3.05, 3.63) is 36.0 Å². The smallest absolute Gasteiger partial charge is 0.326 e. The van der Waals surface area contributed by atoms with Gasteiger partial charge in [0.05, 0.1) is 12.5 Å². The lowest BCUT2D eigenvalue weighted by molar-refractivity contribution is -0.144. The van der Waals surface area contributed by atoms with Crippen molar-refractivity contribution in [2.75, 3.05) is 6.54 Å². The molecule has 0 spiro atoms. The van der Waals surface area contributed by atoms with Gasteiger partial charge < -0.3 is 41.6 Å². The summed E-state index contributed by atoms with van der Waals surface area (Å²) in [6.45, 7) is 0.605. The fourth-order valence-corrected chi connectivity index (χ4v) is 4.36. The van der Waals surface area contributed by atoms with Crippen LogP contribution < -0.4 is 21.3 Å². The number of carboxylic acid groups (broad SMARTS) is 3. The molecule has 1 aromatic carbocycles. The van der Waals surface area contributed by atoms with E-state index < -0.39 is 79.1 Å². The van der Waals surface area contributed by atoms with E-state index in [0.29, 0.717) is 18.5 Å². The van der Waals surface area contributed by atoms with Crippen molar-refractivity contribution in [2.24, 2.45) is 0 Å². The van der Waals surface area contributed by atoms with Gasteiger partial charge in [-0.1, -0.05) is 18.2 Å². The van der Waals surface area contributed by atoms with Gasteiger partial charge in [-0.3, -0.25) is 24.0 Å². The summed E-state index contributed by atoms with van der Waals surface area (Å²) < 4.78 is 0. The van der Waals surface area contributed by atoms with E-state index in [-0.39, 0.29) is 6.42 Å². The van der Waals surface area contributed by atoms with E-state index in [2.05, 4.69) is 26.3 Å². The third kappa shape index (κ3) is 8.26. The fraction of sp³-hybridized carbons (Fsp3) is 0.440. The molecule has 3 amide bonds. The van der Waals surface area contributed by atoms with E-state index >= 15 is 0 Å². The van der Waals surface area contributed by atoms with E-state index in [1.54, 1.807) is 30.5 Å². The predicted molar refractivity (Wildman–Crippen MR) is 136 cm³/mol. The van der Waals surface area contributed by atoms with Crippen molar-refractivity contribution < 1.29 is 44.1 Å². The maximum Gasteiger partial charge on any atom is 0.326 e. The highest BCUT2D eigenvalue weighted by molar-refractivity contribution is 5.96. The molecule has 1 saturated heterocycles. The van der Waals surface area contributed by atoms with Crippen LogP contribution in [-0.4, -0.2) is 86.6 Å². The molecule has 14 heteroatoms. The summed E-state index contributed by atoms with van der Waals surface area (Å²) in [4.78, 5) is 76.0. The monoisotopic (exact) mass is 545 g/mol. The molecule has 1 aliphatic heterocycles. The lowest BCUT2D eigenvalue weighted by Gasteiger charge is -2.24. The van der Waals surface area contributed by atoms with E-state index in [1.165, 1.54) is 0 Å². The van der Waals surface area contributed by atoms with Crippen molar-refractivity contribution >= 4 is 46.5 Å². The number of hydrogen-bond acceptors (Lipinski definition) is 7. The minimum absolute atomic E-state index is 0.106. The summed E-state index contributed by atoms with van der Waals surface area (Å²) in [5.74, 6) is -6.46. The lowest BCUT2D eigenvalue weighted by Crippen LogP contribution is -2.58. The molecule has 0 bridgehead atoms. The van der Waals surface area contributed by atoms with E-state index in [9.17, 15) is 39.0 Å². The summed E-state index contributed by atoms with van der Waals surface area (Å²) in [6.07, 6.45) is 1.12. The Bertz CT molecular complexity index is 1240. The highest BCUT2D eigenvalue weighted by Gasteiger charge is 2.33. The number of aliphatic carboxylic acids is 3. The third-order valence-electron chi connectivity index (χ3n) is 6.38. The van der Waals surface area contributed by atoms with Gasteiger partial charge in [0.25, 0.3) is 0 Å². The fourth-order valence-electron chi connectivity index (χ4n) is 4.36. The Morgan fingerprint density at radius 2 is 1.59 bits per heavy atom. The number of carboxylic acids is 3. The Hall–Kier alpha value is -4.46. The first-order valence-electron chi connectivity index (χ1n) is 12.4. The van der Waals surface area contributed by atoms with Gasteiger partial charge in [-0.05, 0) is 37.4 Å². The number of aromatic nitrogens is 1. The van der Waals surface area contributed by atoms with Crippen LogP contribution in [0.25, 0.3) is 10.9 Å². The highest BCUT2D eigenvalue weighted by Crippen LogP contribution is 2.19. The maximum atomic E-state index is 13.2. The molecule has 0 aliphatic carbocycles. The Morgan fingerprint density at radius 1 is 0.897 bits per heavy atom. The Balaban J connectivity index is 1.83. The molecule has 2 heterocycles. The molecule has 0 radical (unpaired) electrons. The van der Waals surface area contributed by atoms with Gasteiger partial charge in [-0.15, -0.1) is 0 Å². The minimum Gasteiger partial charge on any atom is -0.481 e. The number of nitrogens with one attached hydrogen (secondary N) is 5. The highest BCUT2D eigenvalue weighted by atomic mass is 16.4. The van der Waals surface area contributed by atoms with Crippen LogP contribution in [0.15, 0.2) is 30.5 Å². The number of benzene rings is 1. The number of H-pyrrole nitrogens is 1. The second-order valence-corrected chi connectivity index (χ2v) is 9.26. The quantitative estimate of drug-likeness (QED) is 0.149. The van der Waals surface area contributed by atoms with E-state index in [4.69, 9.17) is 5.11 Å². The number of hydrogen-bond donors (Lipinski definition) is 8. The van der Waals surface area contributed by atoms with Crippen LogP contribution in [0.3, 0.4) is 0 Å². The molecule has 39 heavy (non-hydrogen) atoms. The maximum absolute atomic E-state index is 13.2. The van der Waals surface area contributed by atoms with Crippen LogP contribution >= 0.6 is 0 Å². The zero-order chi connectivity index (χ0) is 28.5. The van der Waals surface area contributed by atoms with Crippen LogP contribution in [-0.2, 0) is 35.2 Å². The van der Waals surface area contributed by atoms with Crippen molar-refractivity contribution in [3.63, 3.8) is 0 Å². The molecular formula is C25H31N5O9. The van der Waals surface area contributed by atoms with Crippen molar-refractivity contribution in [1.29, 1.82) is 0 Å². The molecule has 0 saturated carbocycles. The normalized spacial score (nSPS) is 17.1. The molecule has 14 nitrogen and oxygen atoms in total. The van der Waals surface area contributed by atoms with Gasteiger partial charge in [-0.25, -0.2) is 4.79 Å². The Morgan fingerprint density at radius 3 is 2.23 bits per heavy atom. The van der Waals surface area contributed by atoms with Crippen LogP contribution in [0, 0.1) is 0 Å². The number of carbonyl (C=O) groups excluding carboxylic acids is 3. The molecule has 2 aromatic rings. The molecule has 3 rings (SSSR count). The van der Waals surface area contributed by atoms with Gasteiger partial charge in [0.15, 0.2) is 0 Å². The van der Waals surface area contributed by atoms with Crippen molar-refractivity contribution in [3.8, 4) is 0 Å². The molecule has 1 aliphatic rings. The predicted octanol–water partition coefficient (Wildman–Crippen LogP) is -0.659. The van der Waals surface area contributed by atoms with Gasteiger partial charge in [0, 0.05) is 29.9 Å². The minimum atomic E-state index is -1.54. The molecule has 1 fully saturated rings. The van der Waals surface area contributed by atoms with Gasteiger partial charge >= 0.3 is 17.9 Å². The van der Waals surface area contributed by atoms with Crippen LogP contribution in [0.1, 0.15) is 37.7 Å². The summed E-state index contributed by atoms with van der Waals surface area (Å²) >= 11 is 0. The van der Waals surface area contributed by atoms with E-state index in [0.717, 1.165) is 17.3 Å². The first kappa shape index (κ1) is 29.1. The van der Waals surface area contributed by atoms with Crippen LogP contribution in [0.5, 0.6) is 0 Å². The number of aromatic amines is 1. The SMILES string of the molecule is O=C(O)CCC(NC(=O)C(Cc1c[nH]c2ccccc12)NC(=O)C(CC(=O)O)NC(=O)C1CCCN1)C(=O)O. The molecule has 8 N–H and O–H groups in total. The van der Waals surface area contributed by atoms with Gasteiger partial charge in [-0.2, -0.15) is 0 Å². The summed E-state index contributed by atoms with van der Waals surface area (Å²) in [5, 5.41) is 38.5. The number of para-hydroxylation sites is 1. The van der Waals surface area contributed by atoms with Gasteiger partial charge in [0.2, 0.25) is 17.7 Å². The van der Waals surface area contributed by atoms with E-state index in [1.807, 2.05) is 0 Å². The summed E-state index contributed by atoms with van der Waals surface area (Å²) in [7, 11) is 0. The second kappa shape index (κ2) is 13.4. The standard InChI is InChI=1S/C25H31N5O9/c31-20(32)8-7-17(25(38)39)28-23(36)18(10-13-12-27-15-5-2-1-4-14(13)15)29-24(37)19(11-21(33)34)30-22(35)16-6-3-9-26-16/h1-2,4-5,12,16-19,26-27H,3,6-11H2,(H,28,36)(H,29,37)(H,30,35)(H,31,32)(H,33,34)(H,38,39). The number of rotatable bonds is 14. The van der Waals surface area contributed by atoms with Crippen molar-refractivity contribution in [2.45, 2.75) is 62.7 Å². The second-order valence-electron chi connectivity index (χ2n) is 9.26. The average Bonchev–Trinajstić information content (AvgIpc) is 3.56. The number of carbonyl (C=O) groups is 6. The van der Waals surface area contributed by atoms with Crippen LogP contribution in [0.2, 0.25) is 0 Å². The number of fused-ring (bicyclic) bond motifs is 1. The third-order valence-corrected chi connectivity index (χ3v) is 6.38. The molecule has 4 unspecified atom stereocenters. The number of amides is 3. The zero-order valence-corrected chi connectivity index (χ0v) is 20.9. The summed E-state index contributed by atoms with van der Waals surface area (Å²) in [6, 6.07) is 2.16. The largest absolute Gasteiger partial charge is 0.481 e.